The number of rotatable bonds is 4. The third kappa shape index (κ3) is 2.27. The zero-order valence-corrected chi connectivity index (χ0v) is 11.2. The minimum Gasteiger partial charge on any atom is -0.504 e. The van der Waals surface area contributed by atoms with E-state index in [0.29, 0.717) is 29.1 Å². The molecule has 0 saturated carbocycles. The summed E-state index contributed by atoms with van der Waals surface area (Å²) < 4.78 is 5.11. The fourth-order valence-electron chi connectivity index (χ4n) is 2.05. The van der Waals surface area contributed by atoms with Crippen LogP contribution in [0.25, 0.3) is 11.2 Å². The maximum atomic E-state index is 9.77. The normalized spacial score (nSPS) is 10.7. The molecule has 0 unspecified atom stereocenters. The van der Waals surface area contributed by atoms with Crippen molar-refractivity contribution in [3.05, 3.63) is 30.4 Å². The molecule has 0 aliphatic rings. The number of benzene rings is 1. The number of nitrogens with zero attached hydrogens (tertiary/aromatic N) is 3. The number of aromatic nitrogens is 4. The number of nitrogens with one attached hydrogen (secondary N) is 2. The van der Waals surface area contributed by atoms with Crippen LogP contribution in [0.4, 0.5) is 5.82 Å². The molecule has 4 N–H and O–H groups in total. The van der Waals surface area contributed by atoms with Crippen molar-refractivity contribution in [1.29, 1.82) is 0 Å². The molecule has 2 heterocycles. The average molecular weight is 287 g/mol. The SMILES string of the molecule is COc1c(CNc2ncnc3nc[nH]c23)ccc(O)c1O. The van der Waals surface area contributed by atoms with Crippen LogP contribution in [0.15, 0.2) is 24.8 Å². The summed E-state index contributed by atoms with van der Waals surface area (Å²) in [5, 5.41) is 22.4. The molecule has 0 radical (unpaired) electrons. The number of anilines is 1. The highest BCUT2D eigenvalue weighted by molar-refractivity contribution is 5.81. The lowest BCUT2D eigenvalue weighted by Crippen LogP contribution is -2.04. The van der Waals surface area contributed by atoms with Crippen LogP contribution < -0.4 is 10.1 Å². The van der Waals surface area contributed by atoms with Gasteiger partial charge < -0.3 is 25.3 Å². The van der Waals surface area contributed by atoms with Gasteiger partial charge in [-0.3, -0.25) is 0 Å². The second-order valence-corrected chi connectivity index (χ2v) is 4.30. The van der Waals surface area contributed by atoms with Gasteiger partial charge in [-0.25, -0.2) is 15.0 Å². The van der Waals surface area contributed by atoms with Crippen LogP contribution in [0.5, 0.6) is 17.2 Å². The van der Waals surface area contributed by atoms with Gasteiger partial charge in [0.05, 0.1) is 13.4 Å². The van der Waals surface area contributed by atoms with Gasteiger partial charge in [-0.15, -0.1) is 0 Å². The van der Waals surface area contributed by atoms with Crippen molar-refractivity contribution in [2.45, 2.75) is 6.54 Å². The number of ether oxygens (including phenoxy) is 1. The van der Waals surface area contributed by atoms with E-state index in [1.54, 1.807) is 6.07 Å². The van der Waals surface area contributed by atoms with E-state index in [-0.39, 0.29) is 17.2 Å². The smallest absolute Gasteiger partial charge is 0.200 e. The maximum absolute atomic E-state index is 9.77. The lowest BCUT2D eigenvalue weighted by atomic mass is 10.1. The van der Waals surface area contributed by atoms with Crippen molar-refractivity contribution in [2.24, 2.45) is 0 Å². The largest absolute Gasteiger partial charge is 0.504 e. The molecular weight excluding hydrogens is 274 g/mol. The standard InChI is InChI=1S/C13H13N5O3/c1-21-11-7(2-3-8(19)10(11)20)4-14-12-9-13(16-5-15-9)18-6-17-12/h2-3,5-6,19-20H,4H2,1H3,(H2,14,15,16,17,18). The van der Waals surface area contributed by atoms with E-state index in [2.05, 4.69) is 25.3 Å². The van der Waals surface area contributed by atoms with Crippen LogP contribution in [0.2, 0.25) is 0 Å². The first-order valence-electron chi connectivity index (χ1n) is 6.16. The fraction of sp³-hybridized carbons (Fsp3) is 0.154. The van der Waals surface area contributed by atoms with Crippen molar-refractivity contribution >= 4 is 17.0 Å². The van der Waals surface area contributed by atoms with Crippen molar-refractivity contribution in [3.63, 3.8) is 0 Å². The van der Waals surface area contributed by atoms with E-state index in [9.17, 15) is 10.2 Å². The third-order valence-corrected chi connectivity index (χ3v) is 3.07. The van der Waals surface area contributed by atoms with Gasteiger partial charge >= 0.3 is 0 Å². The Morgan fingerprint density at radius 2 is 2.10 bits per heavy atom. The Morgan fingerprint density at radius 1 is 1.24 bits per heavy atom. The number of imidazole rings is 1. The van der Waals surface area contributed by atoms with E-state index in [1.807, 2.05) is 0 Å². The van der Waals surface area contributed by atoms with Crippen LogP contribution in [-0.2, 0) is 6.54 Å². The summed E-state index contributed by atoms with van der Waals surface area (Å²) in [6.07, 6.45) is 2.95. The molecule has 0 aliphatic carbocycles. The molecule has 8 nitrogen and oxygen atoms in total. The zero-order valence-electron chi connectivity index (χ0n) is 11.2. The molecule has 1 aromatic carbocycles. The summed E-state index contributed by atoms with van der Waals surface area (Å²) in [5.41, 5.74) is 1.94. The number of H-pyrrole nitrogens is 1. The molecular formula is C13H13N5O3. The minimum absolute atomic E-state index is 0.220. The average Bonchev–Trinajstić information content (AvgIpc) is 2.97. The van der Waals surface area contributed by atoms with E-state index in [4.69, 9.17) is 4.74 Å². The Bertz CT molecular complexity index is 787. The number of phenolic OH excluding ortho intramolecular Hbond substituents is 2. The molecule has 0 fully saturated rings. The van der Waals surface area contributed by atoms with E-state index < -0.39 is 0 Å². The lowest BCUT2D eigenvalue weighted by Gasteiger charge is -2.12. The van der Waals surface area contributed by atoms with Crippen LogP contribution in [-0.4, -0.2) is 37.3 Å². The predicted molar refractivity (Wildman–Crippen MR) is 75.3 cm³/mol. The Balaban J connectivity index is 1.88. The Hall–Kier alpha value is -3.03. The lowest BCUT2D eigenvalue weighted by molar-refractivity contribution is 0.348. The highest BCUT2D eigenvalue weighted by Crippen LogP contribution is 2.38. The number of phenols is 2. The van der Waals surface area contributed by atoms with Crippen LogP contribution in [0.3, 0.4) is 0 Å². The fourth-order valence-corrected chi connectivity index (χ4v) is 2.05. The molecule has 8 heteroatoms. The van der Waals surface area contributed by atoms with Crippen molar-refractivity contribution in [2.75, 3.05) is 12.4 Å². The van der Waals surface area contributed by atoms with E-state index >= 15 is 0 Å². The van der Waals surface area contributed by atoms with Gasteiger partial charge in [0.1, 0.15) is 11.8 Å². The first-order valence-corrected chi connectivity index (χ1v) is 6.16. The topological polar surface area (TPSA) is 116 Å². The minimum atomic E-state index is -0.286. The molecule has 0 spiro atoms. The predicted octanol–water partition coefficient (Wildman–Crippen LogP) is 1.38. The number of aromatic hydroxyl groups is 2. The summed E-state index contributed by atoms with van der Waals surface area (Å²) in [6, 6.07) is 3.06. The molecule has 0 amide bonds. The second kappa shape index (κ2) is 5.16. The monoisotopic (exact) mass is 287 g/mol. The number of methoxy groups -OCH3 is 1. The molecule has 3 aromatic rings. The second-order valence-electron chi connectivity index (χ2n) is 4.30. The Labute approximate surface area is 119 Å². The van der Waals surface area contributed by atoms with Crippen molar-refractivity contribution in [1.82, 2.24) is 19.9 Å². The van der Waals surface area contributed by atoms with Crippen LogP contribution >= 0.6 is 0 Å². The van der Waals surface area contributed by atoms with Gasteiger partial charge in [0.25, 0.3) is 0 Å². The molecule has 0 atom stereocenters. The summed E-state index contributed by atoms with van der Waals surface area (Å²) >= 11 is 0. The molecule has 0 bridgehead atoms. The summed E-state index contributed by atoms with van der Waals surface area (Å²) in [7, 11) is 1.43. The highest BCUT2D eigenvalue weighted by atomic mass is 16.5. The Kier molecular flexibility index (Phi) is 3.19. The number of aromatic amines is 1. The molecule has 0 aliphatic heterocycles. The first kappa shape index (κ1) is 13.0. The highest BCUT2D eigenvalue weighted by Gasteiger charge is 2.13. The van der Waals surface area contributed by atoms with Crippen molar-refractivity contribution < 1.29 is 14.9 Å². The number of hydrogen-bond acceptors (Lipinski definition) is 7. The molecule has 21 heavy (non-hydrogen) atoms. The summed E-state index contributed by atoms with van der Waals surface area (Å²) in [5.74, 6) is 0.296. The van der Waals surface area contributed by atoms with Gasteiger partial charge in [0.15, 0.2) is 23.0 Å². The number of fused-ring (bicyclic) bond motifs is 1. The van der Waals surface area contributed by atoms with Crippen LogP contribution in [0, 0.1) is 0 Å². The van der Waals surface area contributed by atoms with Crippen LogP contribution in [0.1, 0.15) is 5.56 Å². The Morgan fingerprint density at radius 3 is 2.90 bits per heavy atom. The zero-order chi connectivity index (χ0) is 14.8. The maximum Gasteiger partial charge on any atom is 0.200 e. The first-order chi connectivity index (χ1) is 10.2. The van der Waals surface area contributed by atoms with Gasteiger partial charge in [0.2, 0.25) is 5.75 Å². The number of hydrogen-bond donors (Lipinski definition) is 4. The molecule has 2 aromatic heterocycles. The molecule has 0 saturated heterocycles. The quantitative estimate of drug-likeness (QED) is 0.536. The van der Waals surface area contributed by atoms with Gasteiger partial charge in [-0.2, -0.15) is 0 Å². The molecule has 108 valence electrons. The van der Waals surface area contributed by atoms with E-state index in [1.165, 1.54) is 25.8 Å². The molecule has 3 rings (SSSR count). The summed E-state index contributed by atoms with van der Waals surface area (Å²) in [4.78, 5) is 15.2. The third-order valence-electron chi connectivity index (χ3n) is 3.07. The van der Waals surface area contributed by atoms with Gasteiger partial charge in [0, 0.05) is 12.1 Å². The van der Waals surface area contributed by atoms with Gasteiger partial charge in [-0.05, 0) is 12.1 Å². The summed E-state index contributed by atoms with van der Waals surface area (Å²) in [6.45, 7) is 0.349. The van der Waals surface area contributed by atoms with Gasteiger partial charge in [-0.1, -0.05) is 0 Å². The van der Waals surface area contributed by atoms with E-state index in [0.717, 1.165) is 0 Å². The van der Waals surface area contributed by atoms with Crippen molar-refractivity contribution in [3.8, 4) is 17.2 Å².